The van der Waals surface area contributed by atoms with Gasteiger partial charge in [0.25, 0.3) is 0 Å². The number of ether oxygens (including phenoxy) is 1. The average Bonchev–Trinajstić information content (AvgIpc) is 2.29. The maximum Gasteiger partial charge on any atom is 0.139 e. The molecule has 2 unspecified atom stereocenters. The Bertz CT molecular complexity index is 342. The van der Waals surface area contributed by atoms with Crippen LogP contribution in [0.3, 0.4) is 0 Å². The van der Waals surface area contributed by atoms with E-state index in [1.165, 1.54) is 32.1 Å². The first kappa shape index (κ1) is 11.9. The average molecular weight is 284 g/mol. The Labute approximate surface area is 106 Å². The normalized spacial score (nSPS) is 25.4. The SMILES string of the molecule is CCC1CCCC(Oc2cncc(Br)c2)C1. The van der Waals surface area contributed by atoms with Crippen molar-refractivity contribution >= 4 is 15.9 Å². The predicted octanol–water partition coefficient (Wildman–Crippen LogP) is 4.19. The molecule has 0 N–H and O–H groups in total. The lowest BCUT2D eigenvalue weighted by Gasteiger charge is -2.28. The molecule has 1 saturated carbocycles. The Balaban J connectivity index is 1.94. The maximum atomic E-state index is 5.98. The van der Waals surface area contributed by atoms with Crippen LogP contribution in [0.4, 0.5) is 0 Å². The molecule has 2 rings (SSSR count). The molecule has 16 heavy (non-hydrogen) atoms. The molecule has 2 nitrogen and oxygen atoms in total. The van der Waals surface area contributed by atoms with Crippen LogP contribution in [0.1, 0.15) is 39.0 Å². The Morgan fingerprint density at radius 1 is 1.44 bits per heavy atom. The van der Waals surface area contributed by atoms with E-state index in [-0.39, 0.29) is 0 Å². The number of hydrogen-bond acceptors (Lipinski definition) is 2. The molecule has 1 heterocycles. The Morgan fingerprint density at radius 3 is 3.06 bits per heavy atom. The fraction of sp³-hybridized carbons (Fsp3) is 0.615. The largest absolute Gasteiger partial charge is 0.489 e. The van der Waals surface area contributed by atoms with E-state index in [1.54, 1.807) is 12.4 Å². The Hall–Kier alpha value is -0.570. The quantitative estimate of drug-likeness (QED) is 0.830. The van der Waals surface area contributed by atoms with Crippen LogP contribution in [0.5, 0.6) is 5.75 Å². The lowest BCUT2D eigenvalue weighted by atomic mass is 9.85. The molecule has 0 aliphatic heterocycles. The molecule has 1 fully saturated rings. The zero-order valence-electron chi connectivity index (χ0n) is 9.66. The third-order valence-corrected chi connectivity index (χ3v) is 3.73. The summed E-state index contributed by atoms with van der Waals surface area (Å²) in [5, 5.41) is 0. The van der Waals surface area contributed by atoms with Gasteiger partial charge in [0.1, 0.15) is 5.75 Å². The summed E-state index contributed by atoms with van der Waals surface area (Å²) >= 11 is 3.41. The summed E-state index contributed by atoms with van der Waals surface area (Å²) in [6, 6.07) is 1.99. The highest BCUT2D eigenvalue weighted by Gasteiger charge is 2.22. The van der Waals surface area contributed by atoms with E-state index in [9.17, 15) is 0 Å². The molecule has 0 spiro atoms. The topological polar surface area (TPSA) is 22.1 Å². The lowest BCUT2D eigenvalue weighted by Crippen LogP contribution is -2.25. The van der Waals surface area contributed by atoms with E-state index in [4.69, 9.17) is 4.74 Å². The molecule has 0 saturated heterocycles. The second-order valence-corrected chi connectivity index (χ2v) is 5.44. The van der Waals surface area contributed by atoms with Crippen molar-refractivity contribution in [3.63, 3.8) is 0 Å². The molecule has 0 amide bonds. The van der Waals surface area contributed by atoms with Crippen molar-refractivity contribution in [2.75, 3.05) is 0 Å². The number of halogens is 1. The van der Waals surface area contributed by atoms with Gasteiger partial charge in [0, 0.05) is 10.7 Å². The highest BCUT2D eigenvalue weighted by atomic mass is 79.9. The second kappa shape index (κ2) is 5.67. The third-order valence-electron chi connectivity index (χ3n) is 3.29. The van der Waals surface area contributed by atoms with Crippen LogP contribution in [0, 0.1) is 5.92 Å². The molecule has 0 bridgehead atoms. The molecule has 1 aliphatic carbocycles. The van der Waals surface area contributed by atoms with Gasteiger partial charge in [-0.1, -0.05) is 19.8 Å². The van der Waals surface area contributed by atoms with E-state index in [0.717, 1.165) is 16.1 Å². The zero-order chi connectivity index (χ0) is 11.4. The van der Waals surface area contributed by atoms with Crippen molar-refractivity contribution in [2.24, 2.45) is 5.92 Å². The summed E-state index contributed by atoms with van der Waals surface area (Å²) in [6.07, 6.45) is 10.3. The minimum atomic E-state index is 0.384. The molecule has 2 atom stereocenters. The number of hydrogen-bond donors (Lipinski definition) is 0. The van der Waals surface area contributed by atoms with Crippen molar-refractivity contribution in [1.82, 2.24) is 4.98 Å². The highest BCUT2D eigenvalue weighted by molar-refractivity contribution is 9.10. The first-order chi connectivity index (χ1) is 7.78. The monoisotopic (exact) mass is 283 g/mol. The highest BCUT2D eigenvalue weighted by Crippen LogP contribution is 2.29. The lowest BCUT2D eigenvalue weighted by molar-refractivity contribution is 0.121. The van der Waals surface area contributed by atoms with Crippen LogP contribution in [0.15, 0.2) is 22.9 Å². The molecule has 88 valence electrons. The Morgan fingerprint density at radius 2 is 2.31 bits per heavy atom. The number of rotatable bonds is 3. The first-order valence-corrected chi connectivity index (χ1v) is 6.84. The summed E-state index contributed by atoms with van der Waals surface area (Å²) in [5.41, 5.74) is 0. The Kier molecular flexibility index (Phi) is 4.22. The van der Waals surface area contributed by atoms with Crippen LogP contribution in [-0.2, 0) is 0 Å². The standard InChI is InChI=1S/C13H18BrNO/c1-2-10-4-3-5-12(6-10)16-13-7-11(14)8-15-9-13/h7-10,12H,2-6H2,1H3. The van der Waals surface area contributed by atoms with Crippen LogP contribution in [0.2, 0.25) is 0 Å². The molecular formula is C13H18BrNO. The molecule has 1 aliphatic rings. The molecule has 3 heteroatoms. The van der Waals surface area contributed by atoms with Crippen LogP contribution < -0.4 is 4.74 Å². The smallest absolute Gasteiger partial charge is 0.139 e. The first-order valence-electron chi connectivity index (χ1n) is 6.05. The van der Waals surface area contributed by atoms with Crippen molar-refractivity contribution in [1.29, 1.82) is 0 Å². The second-order valence-electron chi connectivity index (χ2n) is 4.52. The summed E-state index contributed by atoms with van der Waals surface area (Å²) in [4.78, 5) is 4.12. The van der Waals surface area contributed by atoms with Gasteiger partial charge >= 0.3 is 0 Å². The van der Waals surface area contributed by atoms with E-state index >= 15 is 0 Å². The molecular weight excluding hydrogens is 266 g/mol. The van der Waals surface area contributed by atoms with E-state index in [0.29, 0.717) is 6.10 Å². The van der Waals surface area contributed by atoms with Gasteiger partial charge in [0.15, 0.2) is 0 Å². The van der Waals surface area contributed by atoms with E-state index in [2.05, 4.69) is 27.8 Å². The van der Waals surface area contributed by atoms with E-state index < -0.39 is 0 Å². The summed E-state index contributed by atoms with van der Waals surface area (Å²) in [7, 11) is 0. The van der Waals surface area contributed by atoms with E-state index in [1.807, 2.05) is 6.07 Å². The molecule has 1 aromatic heterocycles. The van der Waals surface area contributed by atoms with Gasteiger partial charge in [-0.05, 0) is 47.2 Å². The van der Waals surface area contributed by atoms with Crippen LogP contribution in [-0.4, -0.2) is 11.1 Å². The van der Waals surface area contributed by atoms with Crippen LogP contribution in [0.25, 0.3) is 0 Å². The number of pyridine rings is 1. The van der Waals surface area contributed by atoms with Gasteiger partial charge in [-0.3, -0.25) is 4.98 Å². The third kappa shape index (κ3) is 3.21. The van der Waals surface area contributed by atoms with Gasteiger partial charge in [0.05, 0.1) is 12.3 Å². The van der Waals surface area contributed by atoms with Crippen molar-refractivity contribution in [2.45, 2.75) is 45.1 Å². The molecule has 0 aromatic carbocycles. The van der Waals surface area contributed by atoms with Gasteiger partial charge < -0.3 is 4.74 Å². The van der Waals surface area contributed by atoms with Gasteiger partial charge in [-0.2, -0.15) is 0 Å². The minimum Gasteiger partial charge on any atom is -0.489 e. The van der Waals surface area contributed by atoms with Gasteiger partial charge in [-0.15, -0.1) is 0 Å². The van der Waals surface area contributed by atoms with Crippen molar-refractivity contribution in [3.05, 3.63) is 22.9 Å². The van der Waals surface area contributed by atoms with Gasteiger partial charge in [-0.25, -0.2) is 0 Å². The predicted molar refractivity (Wildman–Crippen MR) is 68.6 cm³/mol. The molecule has 1 aromatic rings. The fourth-order valence-corrected chi connectivity index (χ4v) is 2.71. The van der Waals surface area contributed by atoms with Crippen LogP contribution >= 0.6 is 15.9 Å². The summed E-state index contributed by atoms with van der Waals surface area (Å²) in [5.74, 6) is 1.73. The summed E-state index contributed by atoms with van der Waals surface area (Å²) < 4.78 is 6.96. The maximum absolute atomic E-state index is 5.98. The number of aromatic nitrogens is 1. The van der Waals surface area contributed by atoms with Crippen molar-refractivity contribution < 1.29 is 4.74 Å². The molecule has 0 radical (unpaired) electrons. The summed E-state index contributed by atoms with van der Waals surface area (Å²) in [6.45, 7) is 2.27. The van der Waals surface area contributed by atoms with Gasteiger partial charge in [0.2, 0.25) is 0 Å². The number of nitrogens with zero attached hydrogens (tertiary/aromatic N) is 1. The minimum absolute atomic E-state index is 0.384. The zero-order valence-corrected chi connectivity index (χ0v) is 11.2. The van der Waals surface area contributed by atoms with Crippen molar-refractivity contribution in [3.8, 4) is 5.75 Å². The fourth-order valence-electron chi connectivity index (χ4n) is 2.37.